The van der Waals surface area contributed by atoms with E-state index in [-0.39, 0.29) is 12.6 Å². The molecule has 6 nitrogen and oxygen atoms in total. The Morgan fingerprint density at radius 2 is 1.65 bits per heavy atom. The van der Waals surface area contributed by atoms with Crippen molar-refractivity contribution in [3.05, 3.63) is 48.5 Å². The minimum absolute atomic E-state index is 0.0632. The third-order valence-electron chi connectivity index (χ3n) is 4.92. The topological polar surface area (TPSA) is 71.8 Å². The fourth-order valence-corrected chi connectivity index (χ4v) is 4.73. The molecule has 3 aromatic rings. The zero-order valence-electron chi connectivity index (χ0n) is 14.6. The summed E-state index contributed by atoms with van der Waals surface area (Å²) in [6.45, 7) is 1.16. The smallest absolute Gasteiger partial charge is 0.211 e. The summed E-state index contributed by atoms with van der Waals surface area (Å²) in [5, 5.41) is 12.9. The molecule has 1 atom stereocenters. The number of ether oxygens (including phenoxy) is 1. The van der Waals surface area contributed by atoms with E-state index in [0.29, 0.717) is 19.8 Å². The number of rotatable bonds is 6. The van der Waals surface area contributed by atoms with Crippen LogP contribution in [0.25, 0.3) is 21.8 Å². The fraction of sp³-hybridized carbons (Fsp3) is 0.368. The number of hydrogen-bond donors (Lipinski definition) is 1. The fourth-order valence-electron chi connectivity index (χ4n) is 3.62. The van der Waals surface area contributed by atoms with Gasteiger partial charge in [-0.2, -0.15) is 4.31 Å². The van der Waals surface area contributed by atoms with E-state index in [9.17, 15) is 13.5 Å². The van der Waals surface area contributed by atoms with Gasteiger partial charge in [0.05, 0.1) is 38.2 Å². The maximum Gasteiger partial charge on any atom is 0.211 e. The third kappa shape index (κ3) is 3.12. The molecular weight excluding hydrogens is 352 g/mol. The molecule has 0 radical (unpaired) electrons. The second-order valence-corrected chi connectivity index (χ2v) is 8.76. The largest absolute Gasteiger partial charge is 0.390 e. The number of sulfonamides is 1. The predicted molar refractivity (Wildman–Crippen MR) is 102 cm³/mol. The number of nitrogens with zero attached hydrogens (tertiary/aromatic N) is 2. The van der Waals surface area contributed by atoms with Gasteiger partial charge in [0.15, 0.2) is 0 Å². The van der Waals surface area contributed by atoms with Gasteiger partial charge < -0.3 is 14.4 Å². The summed E-state index contributed by atoms with van der Waals surface area (Å²) in [4.78, 5) is 0. The van der Waals surface area contributed by atoms with Crippen molar-refractivity contribution in [2.75, 3.05) is 26.0 Å². The van der Waals surface area contributed by atoms with Crippen LogP contribution in [0, 0.1) is 0 Å². The van der Waals surface area contributed by atoms with Crippen LogP contribution < -0.4 is 0 Å². The number of fused-ring (bicyclic) bond motifs is 3. The van der Waals surface area contributed by atoms with Gasteiger partial charge in [-0.1, -0.05) is 36.4 Å². The van der Waals surface area contributed by atoms with Crippen LogP contribution in [0.1, 0.15) is 0 Å². The van der Waals surface area contributed by atoms with Gasteiger partial charge in [0, 0.05) is 28.4 Å². The Kier molecular flexibility index (Phi) is 4.48. The van der Waals surface area contributed by atoms with Crippen molar-refractivity contribution in [1.29, 1.82) is 0 Å². The van der Waals surface area contributed by atoms with E-state index in [1.165, 1.54) is 10.6 Å². The molecule has 7 heteroatoms. The van der Waals surface area contributed by atoms with Crippen LogP contribution in [0.4, 0.5) is 0 Å². The summed E-state index contributed by atoms with van der Waals surface area (Å²) >= 11 is 0. The lowest BCUT2D eigenvalue weighted by Gasteiger charge is -2.36. The van der Waals surface area contributed by atoms with Crippen molar-refractivity contribution in [2.45, 2.75) is 18.7 Å². The number of aromatic nitrogens is 1. The number of benzene rings is 2. The third-order valence-corrected chi connectivity index (χ3v) is 6.22. The molecule has 0 spiro atoms. The SMILES string of the molecule is CS(=O)(=O)N(CC(O)Cn1c2ccccc2c2ccccc21)C1COC1. The second-order valence-electron chi connectivity index (χ2n) is 6.82. The number of hydrogen-bond acceptors (Lipinski definition) is 4. The molecule has 1 fully saturated rings. The molecule has 1 aliphatic heterocycles. The summed E-state index contributed by atoms with van der Waals surface area (Å²) in [7, 11) is -3.40. The lowest BCUT2D eigenvalue weighted by atomic mass is 10.2. The molecule has 0 bridgehead atoms. The van der Waals surface area contributed by atoms with Gasteiger partial charge in [-0.15, -0.1) is 0 Å². The molecule has 4 rings (SSSR count). The van der Waals surface area contributed by atoms with Crippen LogP contribution in [0.2, 0.25) is 0 Å². The lowest BCUT2D eigenvalue weighted by Crippen LogP contribution is -2.53. The molecule has 1 aromatic heterocycles. The highest BCUT2D eigenvalue weighted by Gasteiger charge is 2.33. The predicted octanol–water partition coefficient (Wildman–Crippen LogP) is 1.82. The van der Waals surface area contributed by atoms with Crippen LogP contribution in [-0.4, -0.2) is 60.6 Å². The van der Waals surface area contributed by atoms with Gasteiger partial charge >= 0.3 is 0 Å². The standard InChI is InChI=1S/C19H22N2O4S/c1-26(23,24)21(14-12-25-13-14)11-15(22)10-20-18-8-4-2-6-16(18)17-7-3-5-9-19(17)20/h2-9,14-15,22H,10-13H2,1H3. The van der Waals surface area contributed by atoms with Crippen molar-refractivity contribution in [3.63, 3.8) is 0 Å². The summed E-state index contributed by atoms with van der Waals surface area (Å²) in [5.74, 6) is 0. The van der Waals surface area contributed by atoms with Crippen molar-refractivity contribution in [2.24, 2.45) is 0 Å². The number of aliphatic hydroxyl groups is 1. The Bertz CT molecular complexity index is 987. The molecule has 138 valence electrons. The molecule has 2 aromatic carbocycles. The van der Waals surface area contributed by atoms with E-state index in [2.05, 4.69) is 16.7 Å². The van der Waals surface area contributed by atoms with Crippen LogP contribution >= 0.6 is 0 Å². The molecule has 2 heterocycles. The van der Waals surface area contributed by atoms with Gasteiger partial charge in [0.25, 0.3) is 0 Å². The molecule has 0 amide bonds. The van der Waals surface area contributed by atoms with Crippen molar-refractivity contribution >= 4 is 31.8 Å². The number of aliphatic hydroxyl groups excluding tert-OH is 1. The zero-order chi connectivity index (χ0) is 18.3. The zero-order valence-corrected chi connectivity index (χ0v) is 15.4. The van der Waals surface area contributed by atoms with Crippen molar-refractivity contribution in [1.82, 2.24) is 8.87 Å². The Balaban J connectivity index is 1.65. The molecule has 1 aliphatic rings. The Morgan fingerprint density at radius 3 is 2.12 bits per heavy atom. The number of para-hydroxylation sites is 2. The van der Waals surface area contributed by atoms with Gasteiger partial charge in [-0.25, -0.2) is 8.42 Å². The first-order valence-corrected chi connectivity index (χ1v) is 10.5. The molecule has 0 aliphatic carbocycles. The Hall–Kier alpha value is -1.93. The minimum Gasteiger partial charge on any atom is -0.390 e. The van der Waals surface area contributed by atoms with Gasteiger partial charge in [-0.3, -0.25) is 0 Å². The van der Waals surface area contributed by atoms with Gasteiger partial charge in [0.1, 0.15) is 0 Å². The van der Waals surface area contributed by atoms with E-state index < -0.39 is 16.1 Å². The highest BCUT2D eigenvalue weighted by atomic mass is 32.2. The quantitative estimate of drug-likeness (QED) is 0.714. The highest BCUT2D eigenvalue weighted by molar-refractivity contribution is 7.88. The van der Waals surface area contributed by atoms with Gasteiger partial charge in [-0.05, 0) is 12.1 Å². The summed E-state index contributed by atoms with van der Waals surface area (Å²) in [5.41, 5.74) is 2.07. The molecule has 1 unspecified atom stereocenters. The monoisotopic (exact) mass is 374 g/mol. The maximum atomic E-state index is 12.1. The molecule has 1 saturated heterocycles. The van der Waals surface area contributed by atoms with Crippen molar-refractivity contribution < 1.29 is 18.3 Å². The van der Waals surface area contributed by atoms with E-state index in [0.717, 1.165) is 21.8 Å². The summed E-state index contributed by atoms with van der Waals surface area (Å²) < 4.78 is 32.7. The normalized spacial score (nSPS) is 17.0. The maximum absolute atomic E-state index is 12.1. The lowest BCUT2D eigenvalue weighted by molar-refractivity contribution is -0.0454. The molecule has 26 heavy (non-hydrogen) atoms. The van der Waals surface area contributed by atoms with Crippen molar-refractivity contribution in [3.8, 4) is 0 Å². The highest BCUT2D eigenvalue weighted by Crippen LogP contribution is 2.29. The average molecular weight is 374 g/mol. The Morgan fingerprint density at radius 1 is 1.12 bits per heavy atom. The Labute approximate surface area is 152 Å². The summed E-state index contributed by atoms with van der Waals surface area (Å²) in [6, 6.07) is 15.9. The van der Waals surface area contributed by atoms with Crippen LogP contribution in [0.15, 0.2) is 48.5 Å². The molecule has 0 saturated carbocycles. The first-order valence-electron chi connectivity index (χ1n) is 8.64. The molecular formula is C19H22N2O4S. The van der Waals surface area contributed by atoms with E-state index in [1.807, 2.05) is 36.4 Å². The van der Waals surface area contributed by atoms with Crippen LogP contribution in [0.3, 0.4) is 0 Å². The summed E-state index contributed by atoms with van der Waals surface area (Å²) in [6.07, 6.45) is 0.364. The first kappa shape index (κ1) is 17.5. The van der Waals surface area contributed by atoms with E-state index in [1.54, 1.807) is 0 Å². The first-order chi connectivity index (χ1) is 12.4. The van der Waals surface area contributed by atoms with Gasteiger partial charge in [0.2, 0.25) is 10.0 Å². The van der Waals surface area contributed by atoms with E-state index in [4.69, 9.17) is 4.74 Å². The van der Waals surface area contributed by atoms with Crippen LogP contribution in [-0.2, 0) is 21.3 Å². The minimum atomic E-state index is -3.40. The molecule has 1 N–H and O–H groups in total. The van der Waals surface area contributed by atoms with Crippen LogP contribution in [0.5, 0.6) is 0 Å². The van der Waals surface area contributed by atoms with E-state index >= 15 is 0 Å². The average Bonchev–Trinajstić information content (AvgIpc) is 2.87. The second kappa shape index (κ2) is 6.66.